The Morgan fingerprint density at radius 2 is 2.00 bits per heavy atom. The molecule has 2 aromatic carbocycles. The average molecular weight is 408 g/mol. The summed E-state index contributed by atoms with van der Waals surface area (Å²) in [4.78, 5) is 16.7. The Hall–Kier alpha value is -3.32. The van der Waals surface area contributed by atoms with Crippen LogP contribution in [0.5, 0.6) is 11.5 Å². The highest BCUT2D eigenvalue weighted by molar-refractivity contribution is 7.21. The van der Waals surface area contributed by atoms with E-state index in [0.717, 1.165) is 20.8 Å². The first kappa shape index (κ1) is 19.0. The van der Waals surface area contributed by atoms with Gasteiger partial charge in [0, 0.05) is 0 Å². The number of thiazole rings is 1. The number of hydrogen-bond donors (Lipinski definition) is 1. The van der Waals surface area contributed by atoms with Gasteiger partial charge in [-0.05, 0) is 48.9 Å². The van der Waals surface area contributed by atoms with Crippen LogP contribution in [0.1, 0.15) is 11.3 Å². The highest BCUT2D eigenvalue weighted by atomic mass is 32.1. The minimum absolute atomic E-state index is 0.106. The number of hydrogen-bond acceptors (Lipinski definition) is 6. The van der Waals surface area contributed by atoms with Crippen molar-refractivity contribution >= 4 is 27.5 Å². The molecule has 0 saturated heterocycles. The van der Waals surface area contributed by atoms with Crippen molar-refractivity contribution in [3.05, 3.63) is 65.9 Å². The number of nitrogens with one attached hydrogen (secondary N) is 1. The largest absolute Gasteiger partial charge is 0.493 e. The third kappa shape index (κ3) is 4.41. The van der Waals surface area contributed by atoms with Gasteiger partial charge < -0.3 is 19.2 Å². The van der Waals surface area contributed by atoms with Crippen LogP contribution in [0.2, 0.25) is 0 Å². The monoisotopic (exact) mass is 408 g/mol. The number of fused-ring (bicyclic) bond motifs is 1. The summed E-state index contributed by atoms with van der Waals surface area (Å²) < 4.78 is 17.8. The molecule has 148 valence electrons. The molecule has 2 aromatic heterocycles. The summed E-state index contributed by atoms with van der Waals surface area (Å²) >= 11 is 1.57. The van der Waals surface area contributed by atoms with Crippen LogP contribution in [0, 0.1) is 6.92 Å². The summed E-state index contributed by atoms with van der Waals surface area (Å²) in [7, 11) is 1.57. The fraction of sp³-hybridized carbons (Fsp3) is 0.182. The molecule has 0 aliphatic rings. The molecule has 1 amide bonds. The number of aryl methyl sites for hydroxylation is 1. The molecule has 0 radical (unpaired) electrons. The van der Waals surface area contributed by atoms with Crippen LogP contribution in [-0.4, -0.2) is 24.6 Å². The fourth-order valence-electron chi connectivity index (χ4n) is 2.84. The highest BCUT2D eigenvalue weighted by Crippen LogP contribution is 2.31. The second-order valence-electron chi connectivity index (χ2n) is 6.47. The molecule has 6 nitrogen and oxygen atoms in total. The molecule has 0 aliphatic heterocycles. The van der Waals surface area contributed by atoms with Crippen LogP contribution in [-0.2, 0) is 11.3 Å². The molecule has 0 spiro atoms. The van der Waals surface area contributed by atoms with Crippen molar-refractivity contribution in [1.82, 2.24) is 10.3 Å². The van der Waals surface area contributed by atoms with Gasteiger partial charge in [-0.2, -0.15) is 0 Å². The van der Waals surface area contributed by atoms with Gasteiger partial charge in [0.25, 0.3) is 5.91 Å². The lowest BCUT2D eigenvalue weighted by atomic mass is 10.2. The normalized spacial score (nSPS) is 10.8. The Morgan fingerprint density at radius 1 is 1.14 bits per heavy atom. The lowest BCUT2D eigenvalue weighted by Crippen LogP contribution is -2.28. The average Bonchev–Trinajstić information content (AvgIpc) is 3.37. The maximum absolute atomic E-state index is 12.1. The molecule has 0 unspecified atom stereocenters. The maximum atomic E-state index is 12.1. The molecule has 0 aliphatic carbocycles. The Morgan fingerprint density at radius 3 is 2.83 bits per heavy atom. The number of ether oxygens (including phenoxy) is 2. The van der Waals surface area contributed by atoms with Gasteiger partial charge in [0.1, 0.15) is 5.76 Å². The maximum Gasteiger partial charge on any atom is 0.258 e. The fourth-order valence-corrected chi connectivity index (χ4v) is 3.77. The van der Waals surface area contributed by atoms with Crippen LogP contribution >= 0.6 is 11.3 Å². The molecule has 4 aromatic rings. The molecule has 1 N–H and O–H groups in total. The number of benzene rings is 2. The van der Waals surface area contributed by atoms with Gasteiger partial charge in [-0.3, -0.25) is 4.79 Å². The predicted molar refractivity (Wildman–Crippen MR) is 112 cm³/mol. The number of para-hydroxylation sites is 1. The van der Waals surface area contributed by atoms with Gasteiger partial charge in [0.15, 0.2) is 28.9 Å². The van der Waals surface area contributed by atoms with E-state index in [1.165, 1.54) is 0 Å². The topological polar surface area (TPSA) is 73.6 Å². The van der Waals surface area contributed by atoms with E-state index in [9.17, 15) is 4.79 Å². The van der Waals surface area contributed by atoms with E-state index in [4.69, 9.17) is 13.9 Å². The lowest BCUT2D eigenvalue weighted by Gasteiger charge is -2.11. The second-order valence-corrected chi connectivity index (χ2v) is 7.50. The SMILES string of the molecule is COc1cc(C)ccc1OCC(=O)NCc1ccc(-c2nc3ccccc3s2)o1. The van der Waals surface area contributed by atoms with Crippen molar-refractivity contribution in [2.45, 2.75) is 13.5 Å². The molecule has 29 heavy (non-hydrogen) atoms. The van der Waals surface area contributed by atoms with E-state index >= 15 is 0 Å². The number of furan rings is 1. The van der Waals surface area contributed by atoms with Crippen LogP contribution in [0.4, 0.5) is 0 Å². The quantitative estimate of drug-likeness (QED) is 0.485. The number of amides is 1. The first-order chi connectivity index (χ1) is 14.1. The van der Waals surface area contributed by atoms with Gasteiger partial charge in [-0.1, -0.05) is 18.2 Å². The number of nitrogens with zero attached hydrogens (tertiary/aromatic N) is 1. The molecule has 0 fully saturated rings. The molecule has 4 rings (SSSR count). The Labute approximate surface area is 172 Å². The van der Waals surface area contributed by atoms with Gasteiger partial charge in [0.05, 0.1) is 23.9 Å². The zero-order valence-corrected chi connectivity index (χ0v) is 16.9. The van der Waals surface area contributed by atoms with E-state index in [1.54, 1.807) is 24.5 Å². The molecule has 0 atom stereocenters. The van der Waals surface area contributed by atoms with E-state index in [2.05, 4.69) is 10.3 Å². The number of carbonyl (C=O) groups is 1. The zero-order valence-electron chi connectivity index (χ0n) is 16.1. The number of methoxy groups -OCH3 is 1. The Balaban J connectivity index is 1.33. The predicted octanol–water partition coefficient (Wildman–Crippen LogP) is 4.57. The minimum Gasteiger partial charge on any atom is -0.493 e. The summed E-state index contributed by atoms with van der Waals surface area (Å²) in [6.07, 6.45) is 0. The van der Waals surface area contributed by atoms with Gasteiger partial charge in [0.2, 0.25) is 0 Å². The number of carbonyl (C=O) groups excluding carboxylic acids is 1. The van der Waals surface area contributed by atoms with Crippen molar-refractivity contribution in [3.8, 4) is 22.3 Å². The zero-order chi connectivity index (χ0) is 20.2. The van der Waals surface area contributed by atoms with E-state index in [0.29, 0.717) is 23.0 Å². The first-order valence-electron chi connectivity index (χ1n) is 9.11. The van der Waals surface area contributed by atoms with Crippen LogP contribution < -0.4 is 14.8 Å². The van der Waals surface area contributed by atoms with Crippen molar-refractivity contribution in [1.29, 1.82) is 0 Å². The van der Waals surface area contributed by atoms with Crippen molar-refractivity contribution in [3.63, 3.8) is 0 Å². The summed E-state index contributed by atoms with van der Waals surface area (Å²) in [6, 6.07) is 17.2. The summed E-state index contributed by atoms with van der Waals surface area (Å²) in [5.41, 5.74) is 2.00. The summed E-state index contributed by atoms with van der Waals surface area (Å²) in [6.45, 7) is 2.13. The van der Waals surface area contributed by atoms with E-state index in [-0.39, 0.29) is 19.1 Å². The van der Waals surface area contributed by atoms with Crippen LogP contribution in [0.25, 0.3) is 21.0 Å². The molecule has 0 bridgehead atoms. The van der Waals surface area contributed by atoms with Crippen molar-refractivity contribution in [2.24, 2.45) is 0 Å². The second kappa shape index (κ2) is 8.36. The van der Waals surface area contributed by atoms with Crippen LogP contribution in [0.3, 0.4) is 0 Å². The minimum atomic E-state index is -0.245. The van der Waals surface area contributed by atoms with Gasteiger partial charge in [-0.15, -0.1) is 11.3 Å². The van der Waals surface area contributed by atoms with Crippen molar-refractivity contribution in [2.75, 3.05) is 13.7 Å². The van der Waals surface area contributed by atoms with Gasteiger partial charge >= 0.3 is 0 Å². The smallest absolute Gasteiger partial charge is 0.258 e. The standard InChI is InChI=1S/C22H20N2O4S/c1-14-7-9-17(19(11-14)26-2)27-13-21(25)23-12-15-8-10-18(28-15)22-24-16-5-3-4-6-20(16)29-22/h3-11H,12-13H2,1-2H3,(H,23,25). The van der Waals surface area contributed by atoms with E-state index < -0.39 is 0 Å². The Kier molecular flexibility index (Phi) is 5.48. The molecular formula is C22H20N2O4S. The summed E-state index contributed by atoms with van der Waals surface area (Å²) in [5.74, 6) is 2.23. The van der Waals surface area contributed by atoms with Crippen molar-refractivity contribution < 1.29 is 18.7 Å². The third-order valence-electron chi connectivity index (χ3n) is 4.30. The Bertz CT molecular complexity index is 1120. The molecule has 2 heterocycles. The molecular weight excluding hydrogens is 388 g/mol. The molecule has 0 saturated carbocycles. The highest BCUT2D eigenvalue weighted by Gasteiger charge is 2.12. The third-order valence-corrected chi connectivity index (χ3v) is 5.35. The number of rotatable bonds is 7. The van der Waals surface area contributed by atoms with Crippen LogP contribution in [0.15, 0.2) is 59.0 Å². The summed E-state index contributed by atoms with van der Waals surface area (Å²) in [5, 5.41) is 3.61. The molecule has 7 heteroatoms. The van der Waals surface area contributed by atoms with Gasteiger partial charge in [-0.25, -0.2) is 4.98 Å². The lowest BCUT2D eigenvalue weighted by molar-refractivity contribution is -0.123. The number of aromatic nitrogens is 1. The van der Waals surface area contributed by atoms with E-state index in [1.807, 2.05) is 55.5 Å². The first-order valence-corrected chi connectivity index (χ1v) is 9.93.